The highest BCUT2D eigenvalue weighted by atomic mass is 35.7. The number of hydrogen-bond acceptors (Lipinski definition) is 3. The van der Waals surface area contributed by atoms with Gasteiger partial charge in [0, 0.05) is 23.8 Å². The van der Waals surface area contributed by atoms with Crippen LogP contribution in [-0.2, 0) is 22.3 Å². The van der Waals surface area contributed by atoms with Crippen LogP contribution in [0.4, 0.5) is 13.2 Å². The van der Waals surface area contributed by atoms with Gasteiger partial charge in [0.1, 0.15) is 0 Å². The Morgan fingerprint density at radius 1 is 1.50 bits per heavy atom. The third-order valence-electron chi connectivity index (χ3n) is 1.38. The summed E-state index contributed by atoms with van der Waals surface area (Å²) in [6, 6.07) is 0.377. The van der Waals surface area contributed by atoms with Gasteiger partial charge in [0.05, 0.1) is 0 Å². The van der Waals surface area contributed by atoms with Crippen LogP contribution in [0.3, 0.4) is 0 Å². The molecule has 0 saturated carbocycles. The van der Waals surface area contributed by atoms with Crippen LogP contribution in [-0.4, -0.2) is 18.2 Å². The highest BCUT2D eigenvalue weighted by Crippen LogP contribution is 2.30. The standard InChI is InChI=1S/C5H4ClF3N2O2S/c1-11-4(14(6,12)13)2-3(10-11)5(7,8)9/h2H,1H3. The summed E-state index contributed by atoms with van der Waals surface area (Å²) in [6.07, 6.45) is -4.68. The number of halogens is 4. The molecule has 0 amide bonds. The van der Waals surface area contributed by atoms with Gasteiger partial charge in [0.2, 0.25) is 0 Å². The van der Waals surface area contributed by atoms with Gasteiger partial charge >= 0.3 is 6.18 Å². The SMILES string of the molecule is Cn1nc(C(F)(F)F)cc1S(=O)(=O)Cl. The van der Waals surface area contributed by atoms with Crippen LogP contribution in [0, 0.1) is 0 Å². The fourth-order valence-electron chi connectivity index (χ4n) is 0.817. The molecule has 4 nitrogen and oxygen atoms in total. The minimum Gasteiger partial charge on any atom is -0.256 e. The largest absolute Gasteiger partial charge is 0.435 e. The van der Waals surface area contributed by atoms with Gasteiger partial charge in [-0.1, -0.05) is 0 Å². The Kier molecular flexibility index (Phi) is 2.53. The molecule has 0 saturated heterocycles. The number of hydrogen-bond donors (Lipinski definition) is 0. The van der Waals surface area contributed by atoms with Crippen LogP contribution in [0.15, 0.2) is 11.1 Å². The van der Waals surface area contributed by atoms with E-state index in [2.05, 4.69) is 5.10 Å². The van der Waals surface area contributed by atoms with Crippen LogP contribution >= 0.6 is 10.7 Å². The zero-order chi connectivity index (χ0) is 11.1. The molecule has 1 rings (SSSR count). The third-order valence-corrected chi connectivity index (χ3v) is 2.73. The molecule has 9 heteroatoms. The Morgan fingerprint density at radius 3 is 2.21 bits per heavy atom. The maximum atomic E-state index is 12.1. The molecule has 0 aliphatic carbocycles. The summed E-state index contributed by atoms with van der Waals surface area (Å²) >= 11 is 0. The predicted octanol–water partition coefficient (Wildman–Crippen LogP) is 1.37. The first-order valence-electron chi connectivity index (χ1n) is 3.18. The molecule has 0 bridgehead atoms. The van der Waals surface area contributed by atoms with Gasteiger partial charge in [0.25, 0.3) is 9.05 Å². The lowest BCUT2D eigenvalue weighted by molar-refractivity contribution is -0.141. The zero-order valence-corrected chi connectivity index (χ0v) is 8.28. The van der Waals surface area contributed by atoms with Crippen molar-refractivity contribution in [3.05, 3.63) is 11.8 Å². The second kappa shape index (κ2) is 3.13. The summed E-state index contributed by atoms with van der Waals surface area (Å²) < 4.78 is 58.2. The predicted molar refractivity (Wildman–Crippen MR) is 41.2 cm³/mol. The molecule has 0 atom stereocenters. The Balaban J connectivity index is 3.33. The van der Waals surface area contributed by atoms with Gasteiger partial charge in [-0.25, -0.2) is 8.42 Å². The molecule has 0 aliphatic rings. The highest BCUT2D eigenvalue weighted by molar-refractivity contribution is 8.13. The smallest absolute Gasteiger partial charge is 0.256 e. The summed E-state index contributed by atoms with van der Waals surface area (Å²) in [5.74, 6) is 0. The van der Waals surface area contributed by atoms with Crippen molar-refractivity contribution >= 4 is 19.7 Å². The summed E-state index contributed by atoms with van der Waals surface area (Å²) in [4.78, 5) is 0. The molecule has 0 spiro atoms. The Hall–Kier alpha value is -0.760. The van der Waals surface area contributed by atoms with Crippen molar-refractivity contribution in [2.75, 3.05) is 0 Å². The van der Waals surface area contributed by atoms with Gasteiger partial charge in [0.15, 0.2) is 10.7 Å². The Labute approximate surface area is 81.7 Å². The number of nitrogens with zero attached hydrogens (tertiary/aromatic N) is 2. The molecule has 1 aromatic rings. The maximum absolute atomic E-state index is 12.1. The number of rotatable bonds is 1. The average Bonchev–Trinajstić information content (AvgIpc) is 2.27. The van der Waals surface area contributed by atoms with Gasteiger partial charge in [-0.15, -0.1) is 0 Å². The fourth-order valence-corrected chi connectivity index (χ4v) is 1.86. The van der Waals surface area contributed by atoms with Crippen LogP contribution < -0.4 is 0 Å². The van der Waals surface area contributed by atoms with Gasteiger partial charge in [-0.05, 0) is 0 Å². The van der Waals surface area contributed by atoms with Crippen molar-refractivity contribution in [3.8, 4) is 0 Å². The van der Waals surface area contributed by atoms with E-state index in [4.69, 9.17) is 10.7 Å². The molecule has 0 N–H and O–H groups in total. The van der Waals surface area contributed by atoms with Crippen molar-refractivity contribution in [1.29, 1.82) is 0 Å². The first-order valence-corrected chi connectivity index (χ1v) is 5.49. The first kappa shape index (κ1) is 11.3. The molecule has 0 unspecified atom stereocenters. The molecule has 0 radical (unpaired) electrons. The van der Waals surface area contributed by atoms with Crippen molar-refractivity contribution in [1.82, 2.24) is 9.78 Å². The molecule has 0 aliphatic heterocycles. The highest BCUT2D eigenvalue weighted by Gasteiger charge is 2.36. The fraction of sp³-hybridized carbons (Fsp3) is 0.400. The normalized spacial score (nSPS) is 13.2. The average molecular weight is 249 g/mol. The van der Waals surface area contributed by atoms with Crippen molar-refractivity contribution in [2.45, 2.75) is 11.2 Å². The second-order valence-corrected chi connectivity index (χ2v) is 4.94. The molecule has 0 aromatic carbocycles. The minimum absolute atomic E-state index is 0.377. The summed E-state index contributed by atoms with van der Waals surface area (Å²) in [6.45, 7) is 0. The van der Waals surface area contributed by atoms with Crippen LogP contribution in [0.2, 0.25) is 0 Å². The molecule has 1 aromatic heterocycles. The van der Waals surface area contributed by atoms with Gasteiger partial charge in [-0.2, -0.15) is 18.3 Å². The number of aryl methyl sites for hydroxylation is 1. The molecular weight excluding hydrogens is 245 g/mol. The topological polar surface area (TPSA) is 52.0 Å². The summed E-state index contributed by atoms with van der Waals surface area (Å²) in [7, 11) is 1.73. The number of alkyl halides is 3. The van der Waals surface area contributed by atoms with E-state index in [1.165, 1.54) is 0 Å². The van der Waals surface area contributed by atoms with E-state index in [1.807, 2.05) is 0 Å². The van der Waals surface area contributed by atoms with Gasteiger partial charge in [-0.3, -0.25) is 4.68 Å². The van der Waals surface area contributed by atoms with Crippen LogP contribution in [0.1, 0.15) is 5.69 Å². The van der Waals surface area contributed by atoms with Crippen molar-refractivity contribution < 1.29 is 21.6 Å². The maximum Gasteiger partial charge on any atom is 0.435 e. The molecular formula is C5H4ClF3N2O2S. The van der Waals surface area contributed by atoms with E-state index in [9.17, 15) is 21.6 Å². The van der Waals surface area contributed by atoms with Crippen molar-refractivity contribution in [3.63, 3.8) is 0 Å². The Bertz CT molecular complexity index is 450. The van der Waals surface area contributed by atoms with E-state index < -0.39 is 25.9 Å². The van der Waals surface area contributed by atoms with E-state index in [-0.39, 0.29) is 0 Å². The summed E-state index contributed by atoms with van der Waals surface area (Å²) in [5.41, 5.74) is -1.29. The first-order chi connectivity index (χ1) is 6.12. The lowest BCUT2D eigenvalue weighted by Gasteiger charge is -1.98. The quantitative estimate of drug-likeness (QED) is 0.706. The van der Waals surface area contributed by atoms with Crippen LogP contribution in [0.25, 0.3) is 0 Å². The van der Waals surface area contributed by atoms with E-state index in [0.717, 1.165) is 7.05 Å². The van der Waals surface area contributed by atoms with Crippen LogP contribution in [0.5, 0.6) is 0 Å². The Morgan fingerprint density at radius 2 is 2.00 bits per heavy atom. The van der Waals surface area contributed by atoms with E-state index in [0.29, 0.717) is 10.7 Å². The van der Waals surface area contributed by atoms with Gasteiger partial charge < -0.3 is 0 Å². The second-order valence-electron chi connectivity index (χ2n) is 2.43. The van der Waals surface area contributed by atoms with Crippen molar-refractivity contribution in [2.24, 2.45) is 7.05 Å². The molecule has 1 heterocycles. The molecule has 0 fully saturated rings. The molecule has 80 valence electrons. The zero-order valence-electron chi connectivity index (χ0n) is 6.71. The molecule has 14 heavy (non-hydrogen) atoms. The minimum atomic E-state index is -4.68. The lowest BCUT2D eigenvalue weighted by atomic mass is 10.4. The lowest BCUT2D eigenvalue weighted by Crippen LogP contribution is -2.06. The summed E-state index contributed by atoms with van der Waals surface area (Å²) in [5, 5.41) is 2.29. The van der Waals surface area contributed by atoms with E-state index >= 15 is 0 Å². The third kappa shape index (κ3) is 2.18. The monoisotopic (exact) mass is 248 g/mol. The number of aromatic nitrogens is 2. The van der Waals surface area contributed by atoms with E-state index in [1.54, 1.807) is 0 Å².